The van der Waals surface area contributed by atoms with Crippen molar-refractivity contribution in [3.63, 3.8) is 0 Å². The van der Waals surface area contributed by atoms with Crippen molar-refractivity contribution in [2.24, 2.45) is 23.7 Å². The van der Waals surface area contributed by atoms with Crippen LogP contribution in [-0.4, -0.2) is 11.1 Å². The van der Waals surface area contributed by atoms with Gasteiger partial charge in [0.1, 0.15) is 11.6 Å². The summed E-state index contributed by atoms with van der Waals surface area (Å²) in [5.74, 6) is 3.28. The van der Waals surface area contributed by atoms with Crippen molar-refractivity contribution >= 4 is 0 Å². The lowest BCUT2D eigenvalue weighted by Crippen LogP contribution is -2.26. The van der Waals surface area contributed by atoms with E-state index in [4.69, 9.17) is 0 Å². The van der Waals surface area contributed by atoms with Gasteiger partial charge in [-0.3, -0.25) is 0 Å². The average Bonchev–Trinajstić information content (AvgIpc) is 2.78. The SMILES string of the molecule is CC(NC1C2C3CCC(C3)C12)c1ccc(O)cc1F. The number of nitrogens with one attached hydrogen (secondary N) is 1. The average molecular weight is 261 g/mol. The van der Waals surface area contributed by atoms with E-state index in [1.54, 1.807) is 12.1 Å². The largest absolute Gasteiger partial charge is 0.508 e. The van der Waals surface area contributed by atoms with Crippen LogP contribution in [-0.2, 0) is 0 Å². The molecular formula is C16H20FNO. The van der Waals surface area contributed by atoms with Crippen LogP contribution < -0.4 is 5.32 Å². The van der Waals surface area contributed by atoms with Crippen molar-refractivity contribution in [3.05, 3.63) is 29.6 Å². The maximum atomic E-state index is 13.8. The first-order chi connectivity index (χ1) is 9.15. The standard InChI is InChI=1S/C16H20FNO/c1-8(12-5-4-11(19)7-13(12)17)18-16-14-9-2-3-10(6-9)15(14)16/h4-5,7-10,14-16,18-19H,2-3,6H2,1H3. The van der Waals surface area contributed by atoms with Gasteiger partial charge in [0.15, 0.2) is 0 Å². The number of hydrogen-bond donors (Lipinski definition) is 2. The van der Waals surface area contributed by atoms with E-state index >= 15 is 0 Å². The number of hydrogen-bond acceptors (Lipinski definition) is 2. The molecule has 19 heavy (non-hydrogen) atoms. The monoisotopic (exact) mass is 261 g/mol. The Bertz CT molecular complexity index is 501. The highest BCUT2D eigenvalue weighted by Gasteiger charge is 2.64. The fraction of sp³-hybridized carbons (Fsp3) is 0.625. The summed E-state index contributed by atoms with van der Waals surface area (Å²) in [6.07, 6.45) is 4.26. The summed E-state index contributed by atoms with van der Waals surface area (Å²) in [4.78, 5) is 0. The van der Waals surface area contributed by atoms with Crippen LogP contribution in [0.2, 0.25) is 0 Å². The summed E-state index contributed by atoms with van der Waals surface area (Å²) in [6.45, 7) is 2.02. The number of aromatic hydroxyl groups is 1. The zero-order valence-corrected chi connectivity index (χ0v) is 11.1. The highest BCUT2D eigenvalue weighted by Crippen LogP contribution is 2.65. The summed E-state index contributed by atoms with van der Waals surface area (Å²) in [7, 11) is 0. The van der Waals surface area contributed by atoms with E-state index in [-0.39, 0.29) is 17.6 Å². The van der Waals surface area contributed by atoms with Gasteiger partial charge in [-0.15, -0.1) is 0 Å². The quantitative estimate of drug-likeness (QED) is 0.875. The van der Waals surface area contributed by atoms with E-state index in [9.17, 15) is 9.50 Å². The van der Waals surface area contributed by atoms with Crippen LogP contribution in [0.5, 0.6) is 5.75 Å². The predicted molar refractivity (Wildman–Crippen MR) is 71.2 cm³/mol. The molecule has 3 aliphatic carbocycles. The van der Waals surface area contributed by atoms with Crippen molar-refractivity contribution in [2.45, 2.75) is 38.3 Å². The molecule has 5 unspecified atom stereocenters. The summed E-state index contributed by atoms with van der Waals surface area (Å²) in [6, 6.07) is 5.08. The van der Waals surface area contributed by atoms with Crippen LogP contribution in [0.3, 0.4) is 0 Å². The van der Waals surface area contributed by atoms with Gasteiger partial charge >= 0.3 is 0 Å². The highest BCUT2D eigenvalue weighted by molar-refractivity contribution is 5.30. The Morgan fingerprint density at radius 1 is 1.26 bits per heavy atom. The van der Waals surface area contributed by atoms with Crippen molar-refractivity contribution in [1.82, 2.24) is 5.32 Å². The third-order valence-electron chi connectivity index (χ3n) is 5.63. The molecule has 0 spiro atoms. The van der Waals surface area contributed by atoms with Crippen molar-refractivity contribution in [2.75, 3.05) is 0 Å². The number of fused-ring (bicyclic) bond motifs is 5. The molecule has 102 valence electrons. The van der Waals surface area contributed by atoms with Gasteiger partial charge in [-0.2, -0.15) is 0 Å². The summed E-state index contributed by atoms with van der Waals surface area (Å²) < 4.78 is 13.8. The topological polar surface area (TPSA) is 32.3 Å². The molecule has 0 amide bonds. The second-order valence-electron chi connectivity index (χ2n) is 6.61. The molecule has 0 heterocycles. The summed E-state index contributed by atoms with van der Waals surface area (Å²) >= 11 is 0. The Balaban J connectivity index is 1.46. The lowest BCUT2D eigenvalue weighted by Gasteiger charge is -2.18. The zero-order valence-electron chi connectivity index (χ0n) is 11.1. The highest BCUT2D eigenvalue weighted by atomic mass is 19.1. The first kappa shape index (κ1) is 11.7. The first-order valence-electron chi connectivity index (χ1n) is 7.39. The molecule has 3 heteroatoms. The fourth-order valence-corrected chi connectivity index (χ4v) is 4.79. The number of halogens is 1. The molecule has 1 aromatic carbocycles. The Hall–Kier alpha value is -1.09. The minimum absolute atomic E-state index is 0.00483. The molecule has 4 rings (SSSR count). The zero-order chi connectivity index (χ0) is 13.1. The minimum Gasteiger partial charge on any atom is -0.508 e. The maximum Gasteiger partial charge on any atom is 0.131 e. The molecule has 1 aromatic rings. The molecule has 3 saturated carbocycles. The van der Waals surface area contributed by atoms with Gasteiger partial charge in [0, 0.05) is 23.7 Å². The van der Waals surface area contributed by atoms with Crippen LogP contribution in [0.25, 0.3) is 0 Å². The van der Waals surface area contributed by atoms with Crippen LogP contribution in [0.1, 0.15) is 37.8 Å². The van der Waals surface area contributed by atoms with Gasteiger partial charge in [0.05, 0.1) is 0 Å². The number of phenols is 1. The van der Waals surface area contributed by atoms with Crippen LogP contribution in [0, 0.1) is 29.5 Å². The molecule has 0 aliphatic heterocycles. The fourth-order valence-electron chi connectivity index (χ4n) is 4.79. The number of benzene rings is 1. The van der Waals surface area contributed by atoms with Gasteiger partial charge in [0.2, 0.25) is 0 Å². The van der Waals surface area contributed by atoms with E-state index in [1.807, 2.05) is 6.92 Å². The van der Waals surface area contributed by atoms with Crippen LogP contribution in [0.15, 0.2) is 18.2 Å². The minimum atomic E-state index is -0.311. The normalized spacial score (nSPS) is 40.2. The summed E-state index contributed by atoms with van der Waals surface area (Å²) in [5, 5.41) is 12.9. The molecule has 2 bridgehead atoms. The smallest absolute Gasteiger partial charge is 0.131 e. The molecule has 2 nitrogen and oxygen atoms in total. The van der Waals surface area contributed by atoms with Gasteiger partial charge in [-0.1, -0.05) is 6.07 Å². The van der Waals surface area contributed by atoms with Gasteiger partial charge in [0.25, 0.3) is 0 Å². The molecular weight excluding hydrogens is 241 g/mol. The number of rotatable bonds is 3. The lowest BCUT2D eigenvalue weighted by molar-refractivity contribution is 0.424. The predicted octanol–water partition coefficient (Wildman–Crippen LogP) is 3.23. The van der Waals surface area contributed by atoms with Crippen molar-refractivity contribution in [3.8, 4) is 5.75 Å². The van der Waals surface area contributed by atoms with Gasteiger partial charge in [-0.05, 0) is 55.9 Å². The van der Waals surface area contributed by atoms with Crippen LogP contribution >= 0.6 is 0 Å². The second kappa shape index (κ2) is 3.95. The third kappa shape index (κ3) is 1.71. The van der Waals surface area contributed by atoms with Crippen LogP contribution in [0.4, 0.5) is 4.39 Å². The molecule has 0 radical (unpaired) electrons. The van der Waals surface area contributed by atoms with Gasteiger partial charge in [-0.25, -0.2) is 4.39 Å². The molecule has 2 N–H and O–H groups in total. The first-order valence-corrected chi connectivity index (χ1v) is 7.39. The summed E-state index contributed by atoms with van der Waals surface area (Å²) in [5.41, 5.74) is 0.662. The molecule has 3 fully saturated rings. The molecule has 0 aromatic heterocycles. The second-order valence-corrected chi connectivity index (χ2v) is 6.61. The van der Waals surface area contributed by atoms with Crippen molar-refractivity contribution in [1.29, 1.82) is 0 Å². The Morgan fingerprint density at radius 2 is 1.95 bits per heavy atom. The van der Waals surface area contributed by atoms with Crippen molar-refractivity contribution < 1.29 is 9.50 Å². The van der Waals surface area contributed by atoms with E-state index in [2.05, 4.69) is 5.32 Å². The van der Waals surface area contributed by atoms with E-state index in [1.165, 1.54) is 25.3 Å². The third-order valence-corrected chi connectivity index (χ3v) is 5.63. The van der Waals surface area contributed by atoms with E-state index < -0.39 is 0 Å². The molecule has 0 saturated heterocycles. The maximum absolute atomic E-state index is 13.8. The van der Waals surface area contributed by atoms with E-state index in [0.29, 0.717) is 11.6 Å². The van der Waals surface area contributed by atoms with E-state index in [0.717, 1.165) is 23.7 Å². The molecule has 5 atom stereocenters. The Labute approximate surface area is 113 Å². The molecule has 3 aliphatic rings. The Kier molecular flexibility index (Phi) is 2.44. The van der Waals surface area contributed by atoms with Gasteiger partial charge < -0.3 is 10.4 Å². The lowest BCUT2D eigenvalue weighted by atomic mass is 10.0. The Morgan fingerprint density at radius 3 is 2.58 bits per heavy atom. The number of phenolic OH excluding ortho intramolecular Hbond substituents is 1.